The minimum Gasteiger partial charge on any atom is -0.326 e. The van der Waals surface area contributed by atoms with Gasteiger partial charge in [0, 0.05) is 24.8 Å². The molecule has 0 saturated carbocycles. The first-order valence-corrected chi connectivity index (χ1v) is 10.1. The van der Waals surface area contributed by atoms with Gasteiger partial charge in [-0.05, 0) is 48.7 Å². The second kappa shape index (κ2) is 8.24. The molecular formula is C23H19F6N3O. The molecule has 4 nitrogen and oxygen atoms in total. The first kappa shape index (κ1) is 22.9. The van der Waals surface area contributed by atoms with Gasteiger partial charge >= 0.3 is 12.4 Å². The first-order valence-electron chi connectivity index (χ1n) is 10.1. The fraction of sp³-hybridized carbons (Fsp3) is 0.304. The average molecular weight is 467 g/mol. The molecule has 0 aliphatic carbocycles. The molecule has 3 aromatic rings. The van der Waals surface area contributed by atoms with Crippen molar-refractivity contribution in [3.05, 3.63) is 88.2 Å². The number of halogens is 6. The van der Waals surface area contributed by atoms with Crippen molar-refractivity contribution in [1.82, 2.24) is 14.7 Å². The molecular weight excluding hydrogens is 448 g/mol. The number of carbonyl (C=O) groups is 1. The summed E-state index contributed by atoms with van der Waals surface area (Å²) in [4.78, 5) is 14.8. The predicted molar refractivity (Wildman–Crippen MR) is 107 cm³/mol. The summed E-state index contributed by atoms with van der Waals surface area (Å²) in [5, 5.41) is 4.26. The molecule has 0 fully saturated rings. The van der Waals surface area contributed by atoms with E-state index in [1.807, 2.05) is 13.0 Å². The van der Waals surface area contributed by atoms with Gasteiger partial charge in [-0.25, -0.2) is 0 Å². The van der Waals surface area contributed by atoms with E-state index in [4.69, 9.17) is 0 Å². The van der Waals surface area contributed by atoms with Crippen LogP contribution in [-0.2, 0) is 18.9 Å². The van der Waals surface area contributed by atoms with Crippen molar-refractivity contribution >= 4 is 5.91 Å². The van der Waals surface area contributed by atoms with Crippen molar-refractivity contribution in [3.8, 4) is 0 Å². The molecule has 1 unspecified atom stereocenters. The molecule has 1 aliphatic rings. The molecule has 0 N–H and O–H groups in total. The van der Waals surface area contributed by atoms with Crippen molar-refractivity contribution in [2.45, 2.75) is 38.3 Å². The molecule has 1 aliphatic heterocycles. The second-order valence-corrected chi connectivity index (χ2v) is 7.88. The van der Waals surface area contributed by atoms with Crippen LogP contribution in [0.2, 0.25) is 0 Å². The Morgan fingerprint density at radius 2 is 1.58 bits per heavy atom. The van der Waals surface area contributed by atoms with Crippen molar-refractivity contribution in [2.24, 2.45) is 0 Å². The Morgan fingerprint density at radius 1 is 0.939 bits per heavy atom. The van der Waals surface area contributed by atoms with Gasteiger partial charge in [0.1, 0.15) is 0 Å². The monoisotopic (exact) mass is 467 g/mol. The molecule has 4 rings (SSSR count). The Balaban J connectivity index is 1.87. The summed E-state index contributed by atoms with van der Waals surface area (Å²) in [5.41, 5.74) is -1.52. The van der Waals surface area contributed by atoms with Crippen LogP contribution in [0.1, 0.15) is 50.8 Å². The van der Waals surface area contributed by atoms with Crippen LogP contribution in [0.25, 0.3) is 0 Å². The van der Waals surface area contributed by atoms with Crippen molar-refractivity contribution in [1.29, 1.82) is 0 Å². The third-order valence-electron chi connectivity index (χ3n) is 5.69. The van der Waals surface area contributed by atoms with E-state index in [0.717, 1.165) is 11.1 Å². The summed E-state index contributed by atoms with van der Waals surface area (Å²) in [6.07, 6.45) is -8.08. The summed E-state index contributed by atoms with van der Waals surface area (Å²) >= 11 is 0. The first-order chi connectivity index (χ1) is 15.5. The fourth-order valence-electron chi connectivity index (χ4n) is 4.13. The van der Waals surface area contributed by atoms with Gasteiger partial charge in [0.2, 0.25) is 0 Å². The number of rotatable bonds is 2. The summed E-state index contributed by atoms with van der Waals surface area (Å²) in [6.45, 7) is 2.43. The zero-order valence-electron chi connectivity index (χ0n) is 17.4. The van der Waals surface area contributed by atoms with E-state index in [0.29, 0.717) is 30.8 Å². The topological polar surface area (TPSA) is 38.1 Å². The molecule has 2 heterocycles. The van der Waals surface area contributed by atoms with Gasteiger partial charge in [-0.15, -0.1) is 0 Å². The maximum atomic E-state index is 13.5. The van der Waals surface area contributed by atoms with Crippen LogP contribution in [0.4, 0.5) is 26.3 Å². The molecule has 0 bridgehead atoms. The number of hydrogen-bond acceptors (Lipinski definition) is 2. The molecule has 174 valence electrons. The van der Waals surface area contributed by atoms with Crippen LogP contribution in [0.15, 0.2) is 54.7 Å². The normalized spacial score (nSPS) is 16.9. The molecule has 1 atom stereocenters. The number of alkyl halides is 6. The summed E-state index contributed by atoms with van der Waals surface area (Å²) in [5.74, 6) is -0.908. The maximum absolute atomic E-state index is 13.5. The zero-order valence-corrected chi connectivity index (χ0v) is 17.4. The highest BCUT2D eigenvalue weighted by Gasteiger charge is 2.39. The molecule has 0 spiro atoms. The highest BCUT2D eigenvalue weighted by molar-refractivity contribution is 5.95. The van der Waals surface area contributed by atoms with Crippen LogP contribution >= 0.6 is 0 Å². The summed E-state index contributed by atoms with van der Waals surface area (Å²) < 4.78 is 81.8. The van der Waals surface area contributed by atoms with E-state index < -0.39 is 41.0 Å². The summed E-state index contributed by atoms with van der Waals surface area (Å²) in [7, 11) is 0. The lowest BCUT2D eigenvalue weighted by molar-refractivity contribution is -0.143. The highest BCUT2D eigenvalue weighted by Crippen LogP contribution is 2.38. The van der Waals surface area contributed by atoms with Crippen LogP contribution in [0, 0.1) is 6.92 Å². The Kier molecular flexibility index (Phi) is 5.71. The Labute approximate surface area is 185 Å². The maximum Gasteiger partial charge on any atom is 0.416 e. The predicted octanol–water partition coefficient (Wildman–Crippen LogP) is 5.86. The number of amides is 1. The lowest BCUT2D eigenvalue weighted by Crippen LogP contribution is -2.36. The molecule has 0 saturated heterocycles. The number of aromatic nitrogens is 2. The van der Waals surface area contributed by atoms with Gasteiger partial charge in [-0.3, -0.25) is 9.48 Å². The standard InChI is InChI=1S/C23H19F6N3O/c1-14-5-2-3-6-18(14)20-19-7-8-30-32(19)10-4-9-31(20)21(33)15-11-16(22(24,25)26)13-17(12-15)23(27,28)29/h2-3,5-8,11-13,20H,4,9-10H2,1H3. The zero-order chi connectivity index (χ0) is 24.0. The highest BCUT2D eigenvalue weighted by atomic mass is 19.4. The van der Waals surface area contributed by atoms with Crippen LogP contribution < -0.4 is 0 Å². The summed E-state index contributed by atoms with van der Waals surface area (Å²) in [6, 6.07) is 9.16. The number of nitrogens with zero attached hydrogens (tertiary/aromatic N) is 3. The van der Waals surface area contributed by atoms with Gasteiger partial charge in [0.25, 0.3) is 5.91 Å². The molecule has 1 aromatic heterocycles. The Bertz CT molecular complexity index is 1150. The average Bonchev–Trinajstić information content (AvgIpc) is 3.12. The molecule has 10 heteroatoms. The third kappa shape index (κ3) is 4.46. The molecule has 0 radical (unpaired) electrons. The number of aryl methyl sites for hydroxylation is 2. The van der Waals surface area contributed by atoms with E-state index in [9.17, 15) is 31.1 Å². The SMILES string of the molecule is Cc1ccccc1C1c2ccnn2CCCN1C(=O)c1cc(C(F)(F)F)cc(C(F)(F)F)c1. The fourth-order valence-corrected chi connectivity index (χ4v) is 4.13. The number of benzene rings is 2. The second-order valence-electron chi connectivity index (χ2n) is 7.88. The van der Waals surface area contributed by atoms with E-state index in [1.165, 1.54) is 4.90 Å². The van der Waals surface area contributed by atoms with Crippen molar-refractivity contribution in [3.63, 3.8) is 0 Å². The van der Waals surface area contributed by atoms with E-state index in [1.54, 1.807) is 35.1 Å². The minimum absolute atomic E-state index is 0.0209. The Morgan fingerprint density at radius 3 is 2.18 bits per heavy atom. The van der Waals surface area contributed by atoms with Crippen LogP contribution in [0.3, 0.4) is 0 Å². The van der Waals surface area contributed by atoms with Gasteiger partial charge in [-0.2, -0.15) is 31.4 Å². The quantitative estimate of drug-likeness (QED) is 0.443. The lowest BCUT2D eigenvalue weighted by Gasteiger charge is -2.32. The van der Waals surface area contributed by atoms with Gasteiger partial charge < -0.3 is 4.90 Å². The minimum atomic E-state index is -5.04. The number of hydrogen-bond donors (Lipinski definition) is 0. The van der Waals surface area contributed by atoms with E-state index in [2.05, 4.69) is 5.10 Å². The molecule has 2 aromatic carbocycles. The van der Waals surface area contributed by atoms with Crippen molar-refractivity contribution in [2.75, 3.05) is 6.54 Å². The van der Waals surface area contributed by atoms with Crippen LogP contribution in [0.5, 0.6) is 0 Å². The number of carbonyl (C=O) groups excluding carboxylic acids is 1. The van der Waals surface area contributed by atoms with Crippen molar-refractivity contribution < 1.29 is 31.1 Å². The molecule has 33 heavy (non-hydrogen) atoms. The Hall–Kier alpha value is -3.30. The smallest absolute Gasteiger partial charge is 0.326 e. The molecule has 1 amide bonds. The van der Waals surface area contributed by atoms with Gasteiger partial charge in [0.05, 0.1) is 22.9 Å². The third-order valence-corrected chi connectivity index (χ3v) is 5.69. The van der Waals surface area contributed by atoms with E-state index in [-0.39, 0.29) is 12.6 Å². The van der Waals surface area contributed by atoms with E-state index >= 15 is 0 Å². The van der Waals surface area contributed by atoms with Crippen LogP contribution in [-0.4, -0.2) is 27.1 Å². The largest absolute Gasteiger partial charge is 0.416 e. The van der Waals surface area contributed by atoms with Gasteiger partial charge in [0.15, 0.2) is 0 Å². The number of fused-ring (bicyclic) bond motifs is 1. The lowest BCUT2D eigenvalue weighted by atomic mass is 9.96. The van der Waals surface area contributed by atoms with Gasteiger partial charge in [-0.1, -0.05) is 24.3 Å².